The summed E-state index contributed by atoms with van der Waals surface area (Å²) in [6.45, 7) is 2.03. The van der Waals surface area contributed by atoms with Crippen molar-refractivity contribution in [3.05, 3.63) is 72.4 Å². The lowest BCUT2D eigenvalue weighted by molar-refractivity contribution is 0.463. The number of nitrogens with zero attached hydrogens (tertiary/aromatic N) is 4. The van der Waals surface area contributed by atoms with E-state index in [2.05, 4.69) is 15.1 Å². The number of hydrogen-bond donors (Lipinski definition) is 0. The molecule has 0 atom stereocenters. The molecule has 4 rings (SSSR count). The maximum absolute atomic E-state index is 13.3. The van der Waals surface area contributed by atoms with Gasteiger partial charge in [-0.3, -0.25) is 0 Å². The molecular weight excluding hydrogens is 307 g/mol. The van der Waals surface area contributed by atoms with Gasteiger partial charge in [0.15, 0.2) is 5.65 Å². The minimum absolute atomic E-state index is 0.337. The topological polar surface area (TPSA) is 52.8 Å². The first-order valence-electron chi connectivity index (χ1n) is 7.40. The zero-order valence-electron chi connectivity index (χ0n) is 12.8. The first-order chi connectivity index (χ1) is 11.7. The predicted molar refractivity (Wildman–Crippen MR) is 87.9 cm³/mol. The first-order valence-corrected chi connectivity index (χ1v) is 7.40. The Morgan fingerprint density at radius 3 is 2.67 bits per heavy atom. The predicted octanol–water partition coefficient (Wildman–Crippen LogP) is 4.06. The molecule has 0 amide bonds. The van der Waals surface area contributed by atoms with Gasteiger partial charge in [0, 0.05) is 6.07 Å². The van der Waals surface area contributed by atoms with Gasteiger partial charge in [-0.15, -0.1) is 0 Å². The van der Waals surface area contributed by atoms with Gasteiger partial charge in [-0.1, -0.05) is 23.8 Å². The Morgan fingerprint density at radius 2 is 1.88 bits per heavy atom. The number of ether oxygens (including phenoxy) is 1. The molecular formula is C18H13FN4O. The number of hydrogen-bond acceptors (Lipinski definition) is 4. The maximum Gasteiger partial charge on any atom is 0.233 e. The van der Waals surface area contributed by atoms with Gasteiger partial charge in [0.1, 0.15) is 23.3 Å². The SMILES string of the molecule is Cc1ccc(-n2ncc3c(Oc4cccc(F)c4)ncnc32)cc1. The lowest BCUT2D eigenvalue weighted by Crippen LogP contribution is -1.98. The lowest BCUT2D eigenvalue weighted by atomic mass is 10.2. The highest BCUT2D eigenvalue weighted by atomic mass is 19.1. The molecule has 5 nitrogen and oxygen atoms in total. The molecule has 2 heterocycles. The van der Waals surface area contributed by atoms with Crippen LogP contribution in [0.4, 0.5) is 4.39 Å². The van der Waals surface area contributed by atoms with E-state index in [1.165, 1.54) is 24.0 Å². The minimum Gasteiger partial charge on any atom is -0.438 e. The van der Waals surface area contributed by atoms with E-state index in [1.54, 1.807) is 23.0 Å². The molecule has 6 heteroatoms. The van der Waals surface area contributed by atoms with Crippen LogP contribution in [0.5, 0.6) is 11.6 Å². The molecule has 24 heavy (non-hydrogen) atoms. The summed E-state index contributed by atoms with van der Waals surface area (Å²) < 4.78 is 20.7. The van der Waals surface area contributed by atoms with Gasteiger partial charge in [-0.05, 0) is 31.2 Å². The highest BCUT2D eigenvalue weighted by Gasteiger charge is 2.13. The van der Waals surface area contributed by atoms with Crippen molar-refractivity contribution < 1.29 is 9.13 Å². The van der Waals surface area contributed by atoms with Crippen LogP contribution in [0.25, 0.3) is 16.7 Å². The average molecular weight is 320 g/mol. The maximum atomic E-state index is 13.3. The molecule has 2 aromatic heterocycles. The molecule has 0 unspecified atom stereocenters. The van der Waals surface area contributed by atoms with E-state index in [1.807, 2.05) is 31.2 Å². The molecule has 2 aromatic carbocycles. The second kappa shape index (κ2) is 5.73. The van der Waals surface area contributed by atoms with Gasteiger partial charge >= 0.3 is 0 Å². The van der Waals surface area contributed by atoms with Crippen molar-refractivity contribution in [1.29, 1.82) is 0 Å². The summed E-state index contributed by atoms with van der Waals surface area (Å²) in [6.07, 6.45) is 3.05. The first kappa shape index (κ1) is 14.3. The molecule has 4 aromatic rings. The fourth-order valence-corrected chi connectivity index (χ4v) is 2.42. The van der Waals surface area contributed by atoms with Crippen LogP contribution >= 0.6 is 0 Å². The van der Waals surface area contributed by atoms with E-state index in [0.717, 1.165) is 5.69 Å². The highest BCUT2D eigenvalue weighted by molar-refractivity contribution is 5.81. The van der Waals surface area contributed by atoms with Crippen molar-refractivity contribution >= 4 is 11.0 Å². The molecule has 0 spiro atoms. The molecule has 0 saturated carbocycles. The molecule has 0 radical (unpaired) electrons. The smallest absolute Gasteiger partial charge is 0.233 e. The van der Waals surface area contributed by atoms with Crippen LogP contribution in [0, 0.1) is 12.7 Å². The minimum atomic E-state index is -0.367. The second-order valence-electron chi connectivity index (χ2n) is 5.37. The van der Waals surface area contributed by atoms with Crippen LogP contribution in [0.2, 0.25) is 0 Å². The van der Waals surface area contributed by atoms with E-state index in [4.69, 9.17) is 4.74 Å². The van der Waals surface area contributed by atoms with E-state index < -0.39 is 0 Å². The van der Waals surface area contributed by atoms with Gasteiger partial charge < -0.3 is 4.74 Å². The van der Waals surface area contributed by atoms with Crippen molar-refractivity contribution in [2.75, 3.05) is 0 Å². The molecule has 0 aliphatic rings. The molecule has 0 N–H and O–H groups in total. The van der Waals surface area contributed by atoms with Crippen LogP contribution < -0.4 is 4.74 Å². The van der Waals surface area contributed by atoms with Gasteiger partial charge in [-0.2, -0.15) is 5.10 Å². The largest absolute Gasteiger partial charge is 0.438 e. The van der Waals surface area contributed by atoms with E-state index in [9.17, 15) is 4.39 Å². The van der Waals surface area contributed by atoms with E-state index >= 15 is 0 Å². The van der Waals surface area contributed by atoms with Gasteiger partial charge in [0.05, 0.1) is 11.9 Å². The summed E-state index contributed by atoms with van der Waals surface area (Å²) in [5, 5.41) is 5.03. The Labute approximate surface area is 137 Å². The number of rotatable bonds is 3. The van der Waals surface area contributed by atoms with Crippen LogP contribution in [-0.2, 0) is 0 Å². The third-order valence-corrected chi connectivity index (χ3v) is 3.62. The normalized spacial score (nSPS) is 10.9. The van der Waals surface area contributed by atoms with Gasteiger partial charge in [-0.25, -0.2) is 19.0 Å². The molecule has 0 fully saturated rings. The second-order valence-corrected chi connectivity index (χ2v) is 5.37. The molecule has 0 saturated heterocycles. The number of aromatic nitrogens is 4. The Hall–Kier alpha value is -3.28. The average Bonchev–Trinajstić information content (AvgIpc) is 3.01. The lowest BCUT2D eigenvalue weighted by Gasteiger charge is -2.06. The van der Waals surface area contributed by atoms with Crippen molar-refractivity contribution in [2.45, 2.75) is 6.92 Å². The third-order valence-electron chi connectivity index (χ3n) is 3.62. The van der Waals surface area contributed by atoms with Crippen molar-refractivity contribution in [3.8, 4) is 17.3 Å². The fourth-order valence-electron chi connectivity index (χ4n) is 2.42. The fraction of sp³-hybridized carbons (Fsp3) is 0.0556. The van der Waals surface area contributed by atoms with Crippen molar-refractivity contribution in [1.82, 2.24) is 19.7 Å². The Morgan fingerprint density at radius 1 is 1.04 bits per heavy atom. The van der Waals surface area contributed by atoms with Crippen LogP contribution in [0.15, 0.2) is 61.1 Å². The Bertz CT molecular complexity index is 1010. The van der Waals surface area contributed by atoms with Crippen molar-refractivity contribution in [3.63, 3.8) is 0 Å². The van der Waals surface area contributed by atoms with Crippen LogP contribution in [-0.4, -0.2) is 19.7 Å². The van der Waals surface area contributed by atoms with Crippen LogP contribution in [0.3, 0.4) is 0 Å². The number of benzene rings is 2. The zero-order chi connectivity index (χ0) is 16.5. The van der Waals surface area contributed by atoms with E-state index in [0.29, 0.717) is 22.7 Å². The summed E-state index contributed by atoms with van der Waals surface area (Å²) in [5.74, 6) is 0.343. The quantitative estimate of drug-likeness (QED) is 0.571. The molecule has 118 valence electrons. The van der Waals surface area contributed by atoms with Crippen LogP contribution in [0.1, 0.15) is 5.56 Å². The summed E-state index contributed by atoms with van der Waals surface area (Å²) in [6, 6.07) is 13.9. The summed E-state index contributed by atoms with van der Waals surface area (Å²) in [7, 11) is 0. The standard InChI is InChI=1S/C18H13FN4O/c1-12-5-7-14(8-6-12)23-17-16(10-22-23)18(21-11-20-17)24-15-4-2-3-13(19)9-15/h2-11H,1H3. The third kappa shape index (κ3) is 2.58. The number of fused-ring (bicyclic) bond motifs is 1. The van der Waals surface area contributed by atoms with E-state index in [-0.39, 0.29) is 5.82 Å². The molecule has 0 aliphatic heterocycles. The Balaban J connectivity index is 1.77. The van der Waals surface area contributed by atoms with Gasteiger partial charge in [0.25, 0.3) is 0 Å². The number of aryl methyl sites for hydroxylation is 1. The summed E-state index contributed by atoms with van der Waals surface area (Å²) >= 11 is 0. The summed E-state index contributed by atoms with van der Waals surface area (Å²) in [4.78, 5) is 8.44. The highest BCUT2D eigenvalue weighted by Crippen LogP contribution is 2.27. The molecule has 0 aliphatic carbocycles. The monoisotopic (exact) mass is 320 g/mol. The summed E-state index contributed by atoms with van der Waals surface area (Å²) in [5.41, 5.74) is 2.69. The Kier molecular flexibility index (Phi) is 3.42. The molecule has 0 bridgehead atoms. The van der Waals surface area contributed by atoms with Crippen molar-refractivity contribution in [2.24, 2.45) is 0 Å². The number of halogens is 1. The zero-order valence-corrected chi connectivity index (χ0v) is 12.8. The van der Waals surface area contributed by atoms with Gasteiger partial charge in [0.2, 0.25) is 5.88 Å².